The lowest BCUT2D eigenvalue weighted by molar-refractivity contribution is -0.384. The van der Waals surface area contributed by atoms with Crippen LogP contribution in [0.4, 0.5) is 11.4 Å². The molecule has 0 radical (unpaired) electrons. The van der Waals surface area contributed by atoms with Crippen LogP contribution < -0.4 is 5.32 Å². The largest absolute Gasteiger partial charge is 0.478 e. The van der Waals surface area contributed by atoms with E-state index in [0.29, 0.717) is 12.2 Å². The second-order valence-electron chi connectivity index (χ2n) is 3.77. The Labute approximate surface area is 112 Å². The van der Waals surface area contributed by atoms with E-state index in [-0.39, 0.29) is 11.3 Å². The molecule has 0 aliphatic rings. The van der Waals surface area contributed by atoms with Crippen molar-refractivity contribution in [3.63, 3.8) is 0 Å². The molecule has 98 valence electrons. The molecule has 7 heteroatoms. The summed E-state index contributed by atoms with van der Waals surface area (Å²) in [4.78, 5) is 21.7. The zero-order valence-corrected chi connectivity index (χ0v) is 10.5. The van der Waals surface area contributed by atoms with Gasteiger partial charge < -0.3 is 10.4 Å². The van der Waals surface area contributed by atoms with Crippen LogP contribution >= 0.6 is 11.3 Å². The van der Waals surface area contributed by atoms with Crippen LogP contribution in [0.5, 0.6) is 0 Å². The predicted molar refractivity (Wildman–Crippen MR) is 71.7 cm³/mol. The van der Waals surface area contributed by atoms with Crippen LogP contribution in [0, 0.1) is 10.1 Å². The van der Waals surface area contributed by atoms with Gasteiger partial charge in [-0.25, -0.2) is 4.79 Å². The minimum atomic E-state index is -0.960. The zero-order valence-electron chi connectivity index (χ0n) is 9.70. The Morgan fingerprint density at radius 2 is 2.21 bits per heavy atom. The van der Waals surface area contributed by atoms with Crippen molar-refractivity contribution in [2.75, 3.05) is 5.32 Å². The van der Waals surface area contributed by atoms with Crippen LogP contribution in [0.1, 0.15) is 15.2 Å². The highest BCUT2D eigenvalue weighted by molar-refractivity contribution is 7.10. The molecule has 19 heavy (non-hydrogen) atoms. The van der Waals surface area contributed by atoms with E-state index < -0.39 is 10.9 Å². The summed E-state index contributed by atoms with van der Waals surface area (Å²) in [6.07, 6.45) is 0. The number of rotatable bonds is 5. The number of carboxylic acid groups (broad SMARTS) is 1. The summed E-state index contributed by atoms with van der Waals surface area (Å²) in [5, 5.41) is 24.0. The number of thiophene rings is 1. The lowest BCUT2D eigenvalue weighted by Gasteiger charge is -2.04. The number of hydrogen-bond donors (Lipinski definition) is 2. The van der Waals surface area contributed by atoms with Gasteiger partial charge >= 0.3 is 5.97 Å². The smallest absolute Gasteiger partial charge is 0.336 e. The number of nitrogens with one attached hydrogen (secondary N) is 1. The van der Waals surface area contributed by atoms with E-state index in [9.17, 15) is 14.9 Å². The Bertz CT molecular complexity index is 624. The molecule has 0 fully saturated rings. The normalized spacial score (nSPS) is 10.1. The maximum Gasteiger partial charge on any atom is 0.336 e. The van der Waals surface area contributed by atoms with Gasteiger partial charge in [0, 0.05) is 34.6 Å². The van der Waals surface area contributed by atoms with Crippen LogP contribution in [0.15, 0.2) is 35.7 Å². The fraction of sp³-hybridized carbons (Fsp3) is 0.0833. The van der Waals surface area contributed by atoms with Gasteiger partial charge in [0.15, 0.2) is 0 Å². The predicted octanol–water partition coefficient (Wildman–Crippen LogP) is 2.97. The monoisotopic (exact) mass is 278 g/mol. The minimum Gasteiger partial charge on any atom is -0.478 e. The molecule has 2 N–H and O–H groups in total. The number of aromatic carboxylic acids is 1. The highest BCUT2D eigenvalue weighted by Crippen LogP contribution is 2.20. The molecule has 0 saturated carbocycles. The summed E-state index contributed by atoms with van der Waals surface area (Å²) in [6.45, 7) is 0.430. The first-order valence-corrected chi connectivity index (χ1v) is 6.23. The van der Waals surface area contributed by atoms with Gasteiger partial charge in [0.05, 0.1) is 10.5 Å². The lowest BCUT2D eigenvalue weighted by atomic mass is 10.2. The summed E-state index contributed by atoms with van der Waals surface area (Å²) >= 11 is 1.33. The molecule has 0 amide bonds. The van der Waals surface area contributed by atoms with E-state index >= 15 is 0 Å². The van der Waals surface area contributed by atoms with E-state index in [0.717, 1.165) is 4.88 Å². The van der Waals surface area contributed by atoms with Gasteiger partial charge in [-0.1, -0.05) is 6.07 Å². The van der Waals surface area contributed by atoms with Crippen molar-refractivity contribution in [3.8, 4) is 0 Å². The molecule has 0 spiro atoms. The summed E-state index contributed by atoms with van der Waals surface area (Å²) in [5.74, 6) is -0.960. The standard InChI is InChI=1S/C12H10N2O4S/c15-12(16)8-4-11(19-7-8)6-13-9-2-1-3-10(5-9)14(17)18/h1-5,7,13H,6H2,(H,15,16). The second-order valence-corrected chi connectivity index (χ2v) is 4.76. The van der Waals surface area contributed by atoms with Gasteiger partial charge in [-0.05, 0) is 12.1 Å². The Morgan fingerprint density at radius 1 is 1.42 bits per heavy atom. The van der Waals surface area contributed by atoms with E-state index in [2.05, 4.69) is 5.32 Å². The number of nitrogens with zero attached hydrogens (tertiary/aromatic N) is 1. The third-order valence-corrected chi connectivity index (χ3v) is 3.36. The quantitative estimate of drug-likeness (QED) is 0.648. The molecule has 0 aliphatic carbocycles. The van der Waals surface area contributed by atoms with Crippen molar-refractivity contribution in [2.45, 2.75) is 6.54 Å². The van der Waals surface area contributed by atoms with E-state index in [1.54, 1.807) is 23.6 Å². The first kappa shape index (κ1) is 13.0. The van der Waals surface area contributed by atoms with Crippen LogP contribution in [0.2, 0.25) is 0 Å². The molecule has 0 unspecified atom stereocenters. The Hall–Kier alpha value is -2.41. The van der Waals surface area contributed by atoms with Crippen LogP contribution in [-0.4, -0.2) is 16.0 Å². The molecular formula is C12H10N2O4S. The highest BCUT2D eigenvalue weighted by atomic mass is 32.1. The van der Waals surface area contributed by atoms with Crippen molar-refractivity contribution in [2.24, 2.45) is 0 Å². The molecule has 6 nitrogen and oxygen atoms in total. The van der Waals surface area contributed by atoms with Gasteiger partial charge in [-0.2, -0.15) is 0 Å². The third kappa shape index (κ3) is 3.29. The summed E-state index contributed by atoms with van der Waals surface area (Å²) in [6, 6.07) is 7.75. The number of benzene rings is 1. The second kappa shape index (κ2) is 5.49. The molecule has 0 saturated heterocycles. The Balaban J connectivity index is 2.03. The van der Waals surface area contributed by atoms with Crippen molar-refractivity contribution in [1.29, 1.82) is 0 Å². The molecule has 1 aromatic carbocycles. The molecule has 0 bridgehead atoms. The van der Waals surface area contributed by atoms with E-state index in [4.69, 9.17) is 5.11 Å². The Kier molecular flexibility index (Phi) is 3.76. The van der Waals surface area contributed by atoms with Gasteiger partial charge in [0.1, 0.15) is 0 Å². The maximum atomic E-state index is 10.7. The lowest BCUT2D eigenvalue weighted by Crippen LogP contribution is -1.98. The zero-order chi connectivity index (χ0) is 13.8. The van der Waals surface area contributed by atoms with Crippen LogP contribution in [0.3, 0.4) is 0 Å². The number of nitro benzene ring substituents is 1. The molecule has 0 aliphatic heterocycles. The first-order valence-electron chi connectivity index (χ1n) is 5.35. The third-order valence-electron chi connectivity index (χ3n) is 2.42. The average Bonchev–Trinajstić information content (AvgIpc) is 2.85. The van der Waals surface area contributed by atoms with Crippen LogP contribution in [-0.2, 0) is 6.54 Å². The molecule has 1 heterocycles. The summed E-state index contributed by atoms with van der Waals surface area (Å²) < 4.78 is 0. The van der Waals surface area contributed by atoms with Gasteiger partial charge in [-0.15, -0.1) is 11.3 Å². The van der Waals surface area contributed by atoms with Crippen molar-refractivity contribution in [1.82, 2.24) is 0 Å². The van der Waals surface area contributed by atoms with Gasteiger partial charge in [-0.3, -0.25) is 10.1 Å². The van der Waals surface area contributed by atoms with Crippen LogP contribution in [0.25, 0.3) is 0 Å². The van der Waals surface area contributed by atoms with E-state index in [1.165, 1.54) is 23.5 Å². The molecule has 2 aromatic rings. The topological polar surface area (TPSA) is 92.5 Å². The van der Waals surface area contributed by atoms with Gasteiger partial charge in [0.25, 0.3) is 5.69 Å². The average molecular weight is 278 g/mol. The van der Waals surface area contributed by atoms with Crippen molar-refractivity contribution < 1.29 is 14.8 Å². The summed E-state index contributed by atoms with van der Waals surface area (Å²) in [7, 11) is 0. The van der Waals surface area contributed by atoms with Crippen molar-refractivity contribution in [3.05, 3.63) is 56.3 Å². The number of carboxylic acids is 1. The minimum absolute atomic E-state index is 0.0161. The van der Waals surface area contributed by atoms with Gasteiger partial charge in [0.2, 0.25) is 0 Å². The fourth-order valence-electron chi connectivity index (χ4n) is 1.50. The first-order chi connectivity index (χ1) is 9.06. The molecule has 1 aromatic heterocycles. The SMILES string of the molecule is O=C(O)c1csc(CNc2cccc([N+](=O)[O-])c2)c1. The molecular weight excluding hydrogens is 268 g/mol. The highest BCUT2D eigenvalue weighted by Gasteiger charge is 2.08. The molecule has 2 rings (SSSR count). The number of non-ortho nitro benzene ring substituents is 1. The fourth-order valence-corrected chi connectivity index (χ4v) is 2.30. The summed E-state index contributed by atoms with van der Waals surface area (Å²) in [5.41, 5.74) is 0.891. The number of carbonyl (C=O) groups is 1. The molecule has 0 atom stereocenters. The number of nitro groups is 1. The van der Waals surface area contributed by atoms with E-state index in [1.807, 2.05) is 0 Å². The maximum absolute atomic E-state index is 10.7. The number of anilines is 1. The Morgan fingerprint density at radius 3 is 2.84 bits per heavy atom. The number of hydrogen-bond acceptors (Lipinski definition) is 5. The van der Waals surface area contributed by atoms with Crippen molar-refractivity contribution >= 4 is 28.7 Å².